The third-order valence-corrected chi connectivity index (χ3v) is 6.62. The zero-order valence-electron chi connectivity index (χ0n) is 14.6. The van der Waals surface area contributed by atoms with E-state index in [9.17, 15) is 4.79 Å². The Balaban J connectivity index is 1.35. The number of benzene rings is 1. The van der Waals surface area contributed by atoms with Crippen LogP contribution in [-0.4, -0.2) is 30.5 Å². The van der Waals surface area contributed by atoms with Gasteiger partial charge in [-0.25, -0.2) is 4.98 Å². The van der Waals surface area contributed by atoms with Crippen LogP contribution in [0.2, 0.25) is 0 Å². The second kappa shape index (κ2) is 7.60. The number of aromatic nitrogens is 1. The minimum Gasteiger partial charge on any atom is -0.371 e. The van der Waals surface area contributed by atoms with Gasteiger partial charge < -0.3 is 10.2 Å². The molecule has 0 radical (unpaired) electrons. The Kier molecular flexibility index (Phi) is 5.04. The highest BCUT2D eigenvalue weighted by atomic mass is 32.1. The van der Waals surface area contributed by atoms with Gasteiger partial charge in [0.15, 0.2) is 0 Å². The number of nitrogens with one attached hydrogen (secondary N) is 1. The van der Waals surface area contributed by atoms with E-state index < -0.39 is 0 Å². The Morgan fingerprint density at radius 2 is 2.15 bits per heavy atom. The number of para-hydroxylation sites is 1. The molecule has 1 saturated heterocycles. The fourth-order valence-corrected chi connectivity index (χ4v) is 5.00. The van der Waals surface area contributed by atoms with Crippen LogP contribution in [0.3, 0.4) is 0 Å². The smallest absolute Gasteiger partial charge is 0.263 e. The second-order valence-corrected chi connectivity index (χ2v) is 8.37. The average Bonchev–Trinajstić information content (AvgIpc) is 3.41. The van der Waals surface area contributed by atoms with Gasteiger partial charge in [0.05, 0.1) is 5.69 Å². The van der Waals surface area contributed by atoms with Crippen molar-refractivity contribution in [1.29, 1.82) is 0 Å². The summed E-state index contributed by atoms with van der Waals surface area (Å²) < 4.78 is 0. The molecule has 1 atom stereocenters. The van der Waals surface area contributed by atoms with Gasteiger partial charge in [-0.3, -0.25) is 4.79 Å². The van der Waals surface area contributed by atoms with Crippen LogP contribution in [0.4, 0.5) is 5.69 Å². The molecule has 0 aliphatic carbocycles. The maximum Gasteiger partial charge on any atom is 0.263 e. The molecule has 1 amide bonds. The molecule has 4 nitrogen and oxygen atoms in total. The van der Waals surface area contributed by atoms with E-state index in [1.165, 1.54) is 17.0 Å². The number of thiophene rings is 1. The second-order valence-electron chi connectivity index (χ2n) is 6.59. The Morgan fingerprint density at radius 3 is 2.92 bits per heavy atom. The molecule has 1 aromatic carbocycles. The van der Waals surface area contributed by atoms with E-state index in [0.717, 1.165) is 40.7 Å². The van der Waals surface area contributed by atoms with Gasteiger partial charge in [-0.1, -0.05) is 18.2 Å². The minimum atomic E-state index is -0.000333. The Hall–Kier alpha value is -2.18. The van der Waals surface area contributed by atoms with Gasteiger partial charge in [0, 0.05) is 36.3 Å². The van der Waals surface area contributed by atoms with E-state index in [-0.39, 0.29) is 5.91 Å². The van der Waals surface area contributed by atoms with Crippen LogP contribution >= 0.6 is 22.7 Å². The lowest BCUT2D eigenvalue weighted by Crippen LogP contribution is -2.30. The molecule has 0 bridgehead atoms. The van der Waals surface area contributed by atoms with Crippen molar-refractivity contribution in [2.45, 2.75) is 13.3 Å². The first-order chi connectivity index (χ1) is 12.7. The Morgan fingerprint density at radius 1 is 1.31 bits per heavy atom. The number of hydrogen-bond acceptors (Lipinski definition) is 5. The van der Waals surface area contributed by atoms with Gasteiger partial charge in [0.25, 0.3) is 5.91 Å². The maximum atomic E-state index is 12.6. The molecule has 1 fully saturated rings. The van der Waals surface area contributed by atoms with Crippen molar-refractivity contribution in [3.8, 4) is 10.6 Å². The van der Waals surface area contributed by atoms with Crippen molar-refractivity contribution in [2.75, 3.05) is 24.5 Å². The summed E-state index contributed by atoms with van der Waals surface area (Å²) >= 11 is 3.12. The highest BCUT2D eigenvalue weighted by Gasteiger charge is 2.24. The quantitative estimate of drug-likeness (QED) is 0.709. The summed E-state index contributed by atoms with van der Waals surface area (Å²) in [6.45, 7) is 4.67. The fraction of sp³-hybridized carbons (Fsp3) is 0.300. The summed E-state index contributed by atoms with van der Waals surface area (Å²) in [5.41, 5.74) is 3.17. The van der Waals surface area contributed by atoms with Crippen molar-refractivity contribution in [1.82, 2.24) is 10.3 Å². The summed E-state index contributed by atoms with van der Waals surface area (Å²) in [6, 6.07) is 12.5. The van der Waals surface area contributed by atoms with Crippen molar-refractivity contribution < 1.29 is 4.79 Å². The number of thiazole rings is 1. The fourth-order valence-electron chi connectivity index (χ4n) is 3.31. The predicted molar refractivity (Wildman–Crippen MR) is 109 cm³/mol. The van der Waals surface area contributed by atoms with E-state index in [1.54, 1.807) is 11.3 Å². The largest absolute Gasteiger partial charge is 0.371 e. The summed E-state index contributed by atoms with van der Waals surface area (Å²) in [4.78, 5) is 20.3. The first kappa shape index (κ1) is 17.2. The van der Waals surface area contributed by atoms with Crippen molar-refractivity contribution in [3.63, 3.8) is 0 Å². The molecule has 134 valence electrons. The molecule has 1 N–H and O–H groups in total. The number of carbonyl (C=O) groups is 1. The van der Waals surface area contributed by atoms with Crippen LogP contribution in [0, 0.1) is 12.8 Å². The standard InChI is InChI=1S/C20H21N3OS2/c1-14-18(26-20(22-14)16-8-10-25-13-16)19(24)21-11-15-7-9-23(12-15)17-5-3-2-4-6-17/h2-6,8,10,13,15H,7,9,11-12H2,1H3,(H,21,24). The number of anilines is 1. The highest BCUT2D eigenvalue weighted by Crippen LogP contribution is 2.29. The Bertz CT molecular complexity index is 874. The van der Waals surface area contributed by atoms with Crippen LogP contribution in [0.1, 0.15) is 21.8 Å². The Labute approximate surface area is 161 Å². The van der Waals surface area contributed by atoms with Crippen LogP contribution in [0.25, 0.3) is 10.6 Å². The zero-order chi connectivity index (χ0) is 17.9. The molecular weight excluding hydrogens is 362 g/mol. The first-order valence-corrected chi connectivity index (χ1v) is 10.5. The van der Waals surface area contributed by atoms with E-state index in [0.29, 0.717) is 12.5 Å². The monoisotopic (exact) mass is 383 g/mol. The van der Waals surface area contributed by atoms with Gasteiger partial charge in [-0.2, -0.15) is 11.3 Å². The topological polar surface area (TPSA) is 45.2 Å². The van der Waals surface area contributed by atoms with E-state index in [1.807, 2.05) is 24.4 Å². The number of carbonyl (C=O) groups excluding carboxylic acids is 1. The van der Waals surface area contributed by atoms with E-state index in [2.05, 4.69) is 44.8 Å². The molecule has 3 aromatic rings. The molecule has 0 saturated carbocycles. The van der Waals surface area contributed by atoms with E-state index >= 15 is 0 Å². The first-order valence-electron chi connectivity index (χ1n) is 8.79. The molecule has 2 aromatic heterocycles. The maximum absolute atomic E-state index is 12.6. The molecule has 6 heteroatoms. The zero-order valence-corrected chi connectivity index (χ0v) is 16.3. The molecule has 4 rings (SSSR count). The molecule has 3 heterocycles. The molecule has 26 heavy (non-hydrogen) atoms. The summed E-state index contributed by atoms with van der Waals surface area (Å²) in [5, 5.41) is 8.14. The minimum absolute atomic E-state index is 0.000333. The van der Waals surface area contributed by atoms with Crippen molar-refractivity contribution in [3.05, 3.63) is 57.7 Å². The molecule has 1 aliphatic heterocycles. The predicted octanol–water partition coefficient (Wildman–Crippen LogP) is 4.44. The van der Waals surface area contributed by atoms with Crippen molar-refractivity contribution in [2.24, 2.45) is 5.92 Å². The van der Waals surface area contributed by atoms with Crippen LogP contribution < -0.4 is 10.2 Å². The van der Waals surface area contributed by atoms with Crippen LogP contribution in [-0.2, 0) is 0 Å². The lowest BCUT2D eigenvalue weighted by atomic mass is 10.1. The number of hydrogen-bond donors (Lipinski definition) is 1. The van der Waals surface area contributed by atoms with Crippen LogP contribution in [0.5, 0.6) is 0 Å². The van der Waals surface area contributed by atoms with Gasteiger partial charge in [-0.05, 0) is 42.8 Å². The molecule has 1 aliphatic rings. The highest BCUT2D eigenvalue weighted by molar-refractivity contribution is 7.17. The normalized spacial score (nSPS) is 16.8. The van der Waals surface area contributed by atoms with E-state index in [4.69, 9.17) is 0 Å². The third kappa shape index (κ3) is 3.66. The SMILES string of the molecule is Cc1nc(-c2ccsc2)sc1C(=O)NCC1CCN(c2ccccc2)C1. The number of amides is 1. The number of rotatable bonds is 5. The van der Waals surface area contributed by atoms with Gasteiger partial charge in [0.2, 0.25) is 0 Å². The summed E-state index contributed by atoms with van der Waals surface area (Å²) in [6.07, 6.45) is 1.11. The lowest BCUT2D eigenvalue weighted by Gasteiger charge is -2.18. The van der Waals surface area contributed by atoms with Crippen molar-refractivity contribution >= 4 is 34.3 Å². The average molecular weight is 384 g/mol. The van der Waals surface area contributed by atoms with Gasteiger partial charge >= 0.3 is 0 Å². The molecular formula is C20H21N3OS2. The van der Waals surface area contributed by atoms with Gasteiger partial charge in [0.1, 0.15) is 9.88 Å². The lowest BCUT2D eigenvalue weighted by molar-refractivity contribution is 0.0951. The summed E-state index contributed by atoms with van der Waals surface area (Å²) in [5.74, 6) is 0.489. The third-order valence-electron chi connectivity index (χ3n) is 4.73. The molecule has 0 spiro atoms. The number of nitrogens with zero attached hydrogens (tertiary/aromatic N) is 2. The number of aryl methyl sites for hydroxylation is 1. The van der Waals surface area contributed by atoms with Crippen LogP contribution in [0.15, 0.2) is 47.2 Å². The summed E-state index contributed by atoms with van der Waals surface area (Å²) in [7, 11) is 0. The van der Waals surface area contributed by atoms with Gasteiger partial charge in [-0.15, -0.1) is 11.3 Å². The molecule has 1 unspecified atom stereocenters.